The van der Waals surface area contributed by atoms with Crippen molar-refractivity contribution in [2.45, 2.75) is 26.3 Å². The van der Waals surface area contributed by atoms with E-state index in [2.05, 4.69) is 10.3 Å². The molecule has 6 nitrogen and oxygen atoms in total. The lowest BCUT2D eigenvalue weighted by Crippen LogP contribution is -2.28. The predicted octanol–water partition coefficient (Wildman–Crippen LogP) is 1.97. The molecule has 1 fully saturated rings. The van der Waals surface area contributed by atoms with Crippen LogP contribution in [0.25, 0.3) is 0 Å². The average molecular weight is 323 g/mol. The molecule has 2 aromatic rings. The molecule has 1 aliphatic rings. The molecule has 3 amide bonds. The van der Waals surface area contributed by atoms with Crippen molar-refractivity contribution < 1.29 is 14.4 Å². The monoisotopic (exact) mass is 323 g/mol. The molecule has 2 heterocycles. The van der Waals surface area contributed by atoms with E-state index in [-0.39, 0.29) is 30.6 Å². The van der Waals surface area contributed by atoms with Crippen LogP contribution in [0.1, 0.15) is 34.5 Å². The third-order valence-corrected chi connectivity index (χ3v) is 3.86. The second-order valence-electron chi connectivity index (χ2n) is 5.66. The van der Waals surface area contributed by atoms with Gasteiger partial charge in [0.2, 0.25) is 11.8 Å². The fourth-order valence-corrected chi connectivity index (χ4v) is 2.51. The molecule has 0 unspecified atom stereocenters. The highest BCUT2D eigenvalue weighted by Crippen LogP contribution is 2.22. The van der Waals surface area contributed by atoms with Crippen LogP contribution in [-0.2, 0) is 16.1 Å². The van der Waals surface area contributed by atoms with Crippen molar-refractivity contribution in [1.82, 2.24) is 10.3 Å². The SMILES string of the molecule is Cc1ccc(CNC(=O)c2ccc(N3C(=O)CCC3=O)cc2)cn1. The van der Waals surface area contributed by atoms with Gasteiger partial charge in [-0.15, -0.1) is 0 Å². The van der Waals surface area contributed by atoms with Crippen LogP contribution in [0.5, 0.6) is 0 Å². The first-order valence-electron chi connectivity index (χ1n) is 7.70. The molecular formula is C18H17N3O3. The van der Waals surface area contributed by atoms with Crippen LogP contribution in [0.3, 0.4) is 0 Å². The Morgan fingerprint density at radius 2 is 1.75 bits per heavy atom. The van der Waals surface area contributed by atoms with Gasteiger partial charge in [0.25, 0.3) is 5.91 Å². The fraction of sp³-hybridized carbons (Fsp3) is 0.222. The minimum atomic E-state index is -0.221. The maximum atomic E-state index is 12.2. The summed E-state index contributed by atoms with van der Waals surface area (Å²) in [7, 11) is 0. The van der Waals surface area contributed by atoms with Crippen molar-refractivity contribution in [2.75, 3.05) is 4.90 Å². The van der Waals surface area contributed by atoms with Crippen molar-refractivity contribution in [3.05, 3.63) is 59.4 Å². The van der Waals surface area contributed by atoms with Gasteiger partial charge in [-0.05, 0) is 42.8 Å². The van der Waals surface area contributed by atoms with Gasteiger partial charge in [0.1, 0.15) is 0 Å². The van der Waals surface area contributed by atoms with Gasteiger partial charge in [-0.25, -0.2) is 0 Å². The normalized spacial score (nSPS) is 14.1. The molecule has 0 radical (unpaired) electrons. The summed E-state index contributed by atoms with van der Waals surface area (Å²) in [6.45, 7) is 2.29. The predicted molar refractivity (Wildman–Crippen MR) is 88.3 cm³/mol. The minimum absolute atomic E-state index is 0.205. The number of carbonyl (C=O) groups is 3. The zero-order chi connectivity index (χ0) is 17.1. The first kappa shape index (κ1) is 15.9. The summed E-state index contributed by atoms with van der Waals surface area (Å²) in [5, 5.41) is 2.81. The standard InChI is InChI=1S/C18H17N3O3/c1-12-2-3-13(10-19-12)11-20-18(24)14-4-6-15(7-5-14)21-16(22)8-9-17(21)23/h2-7,10H,8-9,11H2,1H3,(H,20,24). The van der Waals surface area contributed by atoms with Crippen LogP contribution in [0.2, 0.25) is 0 Å². The molecule has 0 atom stereocenters. The van der Waals surface area contributed by atoms with E-state index in [1.54, 1.807) is 30.5 Å². The molecule has 0 bridgehead atoms. The number of hydrogen-bond acceptors (Lipinski definition) is 4. The number of hydrogen-bond donors (Lipinski definition) is 1. The van der Waals surface area contributed by atoms with Crippen molar-refractivity contribution >= 4 is 23.4 Å². The van der Waals surface area contributed by atoms with Crippen molar-refractivity contribution in [3.63, 3.8) is 0 Å². The van der Waals surface area contributed by atoms with Crippen LogP contribution < -0.4 is 10.2 Å². The molecule has 0 aliphatic carbocycles. The topological polar surface area (TPSA) is 79.4 Å². The molecule has 6 heteroatoms. The Kier molecular flexibility index (Phi) is 4.37. The number of amides is 3. The average Bonchev–Trinajstić information content (AvgIpc) is 2.93. The molecule has 1 aromatic carbocycles. The summed E-state index contributed by atoms with van der Waals surface area (Å²) in [6, 6.07) is 10.2. The summed E-state index contributed by atoms with van der Waals surface area (Å²) in [6.07, 6.45) is 2.21. The Morgan fingerprint density at radius 1 is 1.08 bits per heavy atom. The van der Waals surface area contributed by atoms with E-state index in [0.717, 1.165) is 11.3 Å². The largest absolute Gasteiger partial charge is 0.348 e. The highest BCUT2D eigenvalue weighted by atomic mass is 16.2. The van der Waals surface area contributed by atoms with Gasteiger partial charge in [-0.3, -0.25) is 24.3 Å². The lowest BCUT2D eigenvalue weighted by atomic mass is 10.1. The molecule has 0 saturated carbocycles. The maximum absolute atomic E-state index is 12.2. The van der Waals surface area contributed by atoms with E-state index in [4.69, 9.17) is 0 Å². The van der Waals surface area contributed by atoms with Crippen LogP contribution in [-0.4, -0.2) is 22.7 Å². The van der Waals surface area contributed by atoms with Gasteiger partial charge >= 0.3 is 0 Å². The zero-order valence-electron chi connectivity index (χ0n) is 13.3. The number of pyridine rings is 1. The number of benzene rings is 1. The summed E-state index contributed by atoms with van der Waals surface area (Å²) in [5.41, 5.74) is 2.81. The van der Waals surface area contributed by atoms with Gasteiger partial charge in [0.15, 0.2) is 0 Å². The Balaban J connectivity index is 1.64. The molecule has 1 aliphatic heterocycles. The van der Waals surface area contributed by atoms with E-state index in [9.17, 15) is 14.4 Å². The maximum Gasteiger partial charge on any atom is 0.251 e. The third kappa shape index (κ3) is 3.32. The van der Waals surface area contributed by atoms with Crippen molar-refractivity contribution in [1.29, 1.82) is 0 Å². The number of carbonyl (C=O) groups excluding carboxylic acids is 3. The fourth-order valence-electron chi connectivity index (χ4n) is 2.51. The first-order chi connectivity index (χ1) is 11.5. The number of aromatic nitrogens is 1. The quantitative estimate of drug-likeness (QED) is 0.873. The Hall–Kier alpha value is -3.02. The van der Waals surface area contributed by atoms with Gasteiger partial charge in [0, 0.05) is 36.8 Å². The molecular weight excluding hydrogens is 306 g/mol. The van der Waals surface area contributed by atoms with E-state index >= 15 is 0 Å². The number of aryl methyl sites for hydroxylation is 1. The minimum Gasteiger partial charge on any atom is -0.348 e. The molecule has 1 aromatic heterocycles. The second-order valence-corrected chi connectivity index (χ2v) is 5.66. The summed E-state index contributed by atoms with van der Waals surface area (Å²) in [5.74, 6) is -0.630. The lowest BCUT2D eigenvalue weighted by Gasteiger charge is -2.14. The van der Waals surface area contributed by atoms with Gasteiger partial charge < -0.3 is 5.32 Å². The molecule has 1 saturated heterocycles. The number of rotatable bonds is 4. The van der Waals surface area contributed by atoms with Crippen LogP contribution in [0.4, 0.5) is 5.69 Å². The third-order valence-electron chi connectivity index (χ3n) is 3.86. The van der Waals surface area contributed by atoms with Crippen LogP contribution in [0, 0.1) is 6.92 Å². The Labute approximate surface area is 139 Å². The van der Waals surface area contributed by atoms with Crippen molar-refractivity contribution in [2.24, 2.45) is 0 Å². The summed E-state index contributed by atoms with van der Waals surface area (Å²) >= 11 is 0. The number of imide groups is 1. The van der Waals surface area contributed by atoms with E-state index in [1.807, 2.05) is 19.1 Å². The molecule has 1 N–H and O–H groups in total. The molecule has 3 rings (SSSR count). The summed E-state index contributed by atoms with van der Waals surface area (Å²) < 4.78 is 0. The lowest BCUT2D eigenvalue weighted by molar-refractivity contribution is -0.121. The van der Waals surface area contributed by atoms with Gasteiger partial charge in [-0.2, -0.15) is 0 Å². The molecule has 122 valence electrons. The highest BCUT2D eigenvalue weighted by Gasteiger charge is 2.30. The van der Waals surface area contributed by atoms with Gasteiger partial charge in [0.05, 0.1) is 5.69 Å². The number of nitrogens with zero attached hydrogens (tertiary/aromatic N) is 2. The van der Waals surface area contributed by atoms with E-state index < -0.39 is 0 Å². The van der Waals surface area contributed by atoms with Gasteiger partial charge in [-0.1, -0.05) is 6.07 Å². The smallest absolute Gasteiger partial charge is 0.251 e. The van der Waals surface area contributed by atoms with E-state index in [1.165, 1.54) is 4.90 Å². The molecule has 24 heavy (non-hydrogen) atoms. The van der Waals surface area contributed by atoms with E-state index in [0.29, 0.717) is 17.8 Å². The first-order valence-corrected chi connectivity index (χ1v) is 7.70. The summed E-state index contributed by atoms with van der Waals surface area (Å²) in [4.78, 5) is 40.9. The zero-order valence-corrected chi connectivity index (χ0v) is 13.3. The van der Waals surface area contributed by atoms with Crippen LogP contribution >= 0.6 is 0 Å². The highest BCUT2D eigenvalue weighted by molar-refractivity contribution is 6.19. The Bertz CT molecular complexity index is 766. The van der Waals surface area contributed by atoms with Crippen LogP contribution in [0.15, 0.2) is 42.6 Å². The van der Waals surface area contributed by atoms with Crippen molar-refractivity contribution in [3.8, 4) is 0 Å². The molecule has 0 spiro atoms. The second kappa shape index (κ2) is 6.62. The number of nitrogens with one attached hydrogen (secondary N) is 1. The Morgan fingerprint density at radius 3 is 2.33 bits per heavy atom. The number of anilines is 1.